The molecular weight excluding hydrogens is 254 g/mol. The van der Waals surface area contributed by atoms with Gasteiger partial charge in [-0.25, -0.2) is 0 Å². The van der Waals surface area contributed by atoms with E-state index in [0.29, 0.717) is 12.8 Å². The standard InChI is InChI=1S/C16H27NO3/c18-14(17-11-7-3-4-8-12-17)13-16(15(19)20)9-5-1-2-6-10-16/h1-13H2,(H,19,20). The van der Waals surface area contributed by atoms with Crippen molar-refractivity contribution in [3.63, 3.8) is 0 Å². The lowest BCUT2D eigenvalue weighted by atomic mass is 9.77. The summed E-state index contributed by atoms with van der Waals surface area (Å²) in [7, 11) is 0. The minimum absolute atomic E-state index is 0.0659. The molecule has 114 valence electrons. The van der Waals surface area contributed by atoms with Gasteiger partial charge in [0.05, 0.1) is 5.41 Å². The molecule has 0 aromatic carbocycles. The minimum Gasteiger partial charge on any atom is -0.481 e. The van der Waals surface area contributed by atoms with E-state index >= 15 is 0 Å². The summed E-state index contributed by atoms with van der Waals surface area (Å²) in [5, 5.41) is 9.65. The molecule has 0 radical (unpaired) electrons. The Balaban J connectivity index is 2.02. The van der Waals surface area contributed by atoms with E-state index in [2.05, 4.69) is 0 Å². The van der Waals surface area contributed by atoms with E-state index in [1.807, 2.05) is 4.90 Å². The second-order valence-electron chi connectivity index (χ2n) is 6.47. The van der Waals surface area contributed by atoms with Gasteiger partial charge in [-0.15, -0.1) is 0 Å². The molecule has 0 aromatic rings. The van der Waals surface area contributed by atoms with Crippen molar-refractivity contribution >= 4 is 11.9 Å². The number of nitrogens with zero attached hydrogens (tertiary/aromatic N) is 1. The molecule has 2 aliphatic rings. The van der Waals surface area contributed by atoms with E-state index in [1.165, 1.54) is 12.8 Å². The van der Waals surface area contributed by atoms with E-state index in [0.717, 1.165) is 51.6 Å². The second kappa shape index (κ2) is 7.09. The smallest absolute Gasteiger partial charge is 0.310 e. The van der Waals surface area contributed by atoms with Gasteiger partial charge in [-0.05, 0) is 25.7 Å². The van der Waals surface area contributed by atoms with Crippen molar-refractivity contribution in [3.05, 3.63) is 0 Å². The Morgan fingerprint density at radius 2 is 1.35 bits per heavy atom. The molecule has 1 N–H and O–H groups in total. The Hall–Kier alpha value is -1.06. The molecule has 0 spiro atoms. The molecule has 4 nitrogen and oxygen atoms in total. The average molecular weight is 281 g/mol. The number of carbonyl (C=O) groups is 2. The normalized spacial score (nSPS) is 23.7. The molecule has 2 fully saturated rings. The van der Waals surface area contributed by atoms with E-state index in [4.69, 9.17) is 0 Å². The highest BCUT2D eigenvalue weighted by Crippen LogP contribution is 2.39. The van der Waals surface area contributed by atoms with Crippen LogP contribution in [-0.4, -0.2) is 35.0 Å². The highest BCUT2D eigenvalue weighted by Gasteiger charge is 2.41. The van der Waals surface area contributed by atoms with Gasteiger partial charge in [-0.2, -0.15) is 0 Å². The number of carboxylic acid groups (broad SMARTS) is 1. The van der Waals surface area contributed by atoms with Gasteiger partial charge < -0.3 is 10.0 Å². The highest BCUT2D eigenvalue weighted by atomic mass is 16.4. The van der Waals surface area contributed by atoms with Crippen LogP contribution in [-0.2, 0) is 9.59 Å². The molecule has 20 heavy (non-hydrogen) atoms. The maximum Gasteiger partial charge on any atom is 0.310 e. The summed E-state index contributed by atoms with van der Waals surface area (Å²) in [6.45, 7) is 1.63. The highest BCUT2D eigenvalue weighted by molar-refractivity contribution is 5.85. The topological polar surface area (TPSA) is 57.6 Å². The van der Waals surface area contributed by atoms with Crippen LogP contribution in [0.1, 0.15) is 70.6 Å². The Morgan fingerprint density at radius 3 is 1.85 bits per heavy atom. The van der Waals surface area contributed by atoms with Crippen LogP contribution in [0.25, 0.3) is 0 Å². The molecule has 1 aliphatic heterocycles. The van der Waals surface area contributed by atoms with Crippen molar-refractivity contribution in [1.82, 2.24) is 4.90 Å². The van der Waals surface area contributed by atoms with Crippen LogP contribution in [0.2, 0.25) is 0 Å². The fraction of sp³-hybridized carbons (Fsp3) is 0.875. The van der Waals surface area contributed by atoms with Crippen molar-refractivity contribution in [2.45, 2.75) is 70.6 Å². The van der Waals surface area contributed by atoms with Gasteiger partial charge in [-0.3, -0.25) is 9.59 Å². The fourth-order valence-electron chi connectivity index (χ4n) is 3.59. The molecule has 1 heterocycles. The van der Waals surface area contributed by atoms with Crippen LogP contribution in [0.15, 0.2) is 0 Å². The lowest BCUT2D eigenvalue weighted by molar-refractivity contribution is -0.154. The predicted octanol–water partition coefficient (Wildman–Crippen LogP) is 3.20. The van der Waals surface area contributed by atoms with Crippen molar-refractivity contribution in [1.29, 1.82) is 0 Å². The predicted molar refractivity (Wildman–Crippen MR) is 77.4 cm³/mol. The third-order valence-electron chi connectivity index (χ3n) is 4.96. The van der Waals surface area contributed by atoms with Gasteiger partial charge in [0.1, 0.15) is 0 Å². The molecule has 2 rings (SSSR count). The number of carboxylic acids is 1. The number of amides is 1. The van der Waals surface area contributed by atoms with Crippen LogP contribution in [0.5, 0.6) is 0 Å². The van der Waals surface area contributed by atoms with Gasteiger partial charge in [0.15, 0.2) is 0 Å². The van der Waals surface area contributed by atoms with Crippen molar-refractivity contribution in [2.75, 3.05) is 13.1 Å². The molecule has 0 atom stereocenters. The first-order valence-electron chi connectivity index (χ1n) is 8.15. The molecule has 0 aromatic heterocycles. The number of carbonyl (C=O) groups excluding carboxylic acids is 1. The minimum atomic E-state index is -0.792. The zero-order valence-corrected chi connectivity index (χ0v) is 12.4. The fourth-order valence-corrected chi connectivity index (χ4v) is 3.59. The quantitative estimate of drug-likeness (QED) is 0.808. The van der Waals surface area contributed by atoms with Gasteiger partial charge in [0.2, 0.25) is 5.91 Å². The van der Waals surface area contributed by atoms with E-state index in [9.17, 15) is 14.7 Å². The summed E-state index contributed by atoms with van der Waals surface area (Å²) in [4.78, 5) is 26.2. The van der Waals surface area contributed by atoms with Gasteiger partial charge >= 0.3 is 5.97 Å². The first kappa shape index (κ1) is 15.3. The summed E-state index contributed by atoms with van der Waals surface area (Å²) in [5.74, 6) is -0.696. The third-order valence-corrected chi connectivity index (χ3v) is 4.96. The number of rotatable bonds is 3. The largest absolute Gasteiger partial charge is 0.481 e. The SMILES string of the molecule is O=C(CC1(C(=O)O)CCCCCC1)N1CCCCCC1. The third kappa shape index (κ3) is 3.74. The number of hydrogen-bond donors (Lipinski definition) is 1. The van der Waals surface area contributed by atoms with Crippen LogP contribution in [0.3, 0.4) is 0 Å². The Labute approximate surface area is 121 Å². The molecule has 4 heteroatoms. The maximum absolute atomic E-state index is 12.5. The van der Waals surface area contributed by atoms with Crippen molar-refractivity contribution < 1.29 is 14.7 Å². The van der Waals surface area contributed by atoms with Crippen LogP contribution >= 0.6 is 0 Å². The van der Waals surface area contributed by atoms with E-state index < -0.39 is 11.4 Å². The molecule has 0 bridgehead atoms. The molecule has 1 saturated heterocycles. The Morgan fingerprint density at radius 1 is 0.850 bits per heavy atom. The zero-order valence-electron chi connectivity index (χ0n) is 12.4. The lowest BCUT2D eigenvalue weighted by Gasteiger charge is -2.30. The molecule has 1 aliphatic carbocycles. The molecule has 0 unspecified atom stereocenters. The van der Waals surface area contributed by atoms with Crippen molar-refractivity contribution in [3.8, 4) is 0 Å². The summed E-state index contributed by atoms with van der Waals surface area (Å²) >= 11 is 0. The van der Waals surface area contributed by atoms with Crippen molar-refractivity contribution in [2.24, 2.45) is 5.41 Å². The monoisotopic (exact) mass is 281 g/mol. The van der Waals surface area contributed by atoms with Gasteiger partial charge in [0, 0.05) is 19.5 Å². The Kier molecular flexibility index (Phi) is 5.44. The summed E-state index contributed by atoms with van der Waals surface area (Å²) < 4.78 is 0. The second-order valence-corrected chi connectivity index (χ2v) is 6.47. The average Bonchev–Trinajstić information content (AvgIpc) is 2.81. The lowest BCUT2D eigenvalue weighted by Crippen LogP contribution is -2.40. The molecule has 1 saturated carbocycles. The Bertz CT molecular complexity index is 338. The van der Waals surface area contributed by atoms with E-state index in [-0.39, 0.29) is 12.3 Å². The zero-order chi connectivity index (χ0) is 14.4. The summed E-state index contributed by atoms with van der Waals surface area (Å²) in [6.07, 6.45) is 10.1. The molecule has 1 amide bonds. The van der Waals surface area contributed by atoms with Crippen LogP contribution in [0, 0.1) is 5.41 Å². The maximum atomic E-state index is 12.5. The summed E-state index contributed by atoms with van der Waals surface area (Å²) in [6, 6.07) is 0. The number of aliphatic carboxylic acids is 1. The van der Waals surface area contributed by atoms with E-state index in [1.54, 1.807) is 0 Å². The first-order chi connectivity index (χ1) is 9.64. The number of hydrogen-bond acceptors (Lipinski definition) is 2. The van der Waals surface area contributed by atoms with Gasteiger partial charge in [0.25, 0.3) is 0 Å². The number of likely N-dealkylation sites (tertiary alicyclic amines) is 1. The summed E-state index contributed by atoms with van der Waals surface area (Å²) in [5.41, 5.74) is -0.792. The van der Waals surface area contributed by atoms with Crippen LogP contribution < -0.4 is 0 Å². The first-order valence-corrected chi connectivity index (χ1v) is 8.15. The molecular formula is C16H27NO3. The van der Waals surface area contributed by atoms with Crippen LogP contribution in [0.4, 0.5) is 0 Å². The van der Waals surface area contributed by atoms with Gasteiger partial charge in [-0.1, -0.05) is 38.5 Å².